The van der Waals surface area contributed by atoms with Crippen LogP contribution in [0.2, 0.25) is 0 Å². The van der Waals surface area contributed by atoms with E-state index in [-0.39, 0.29) is 5.92 Å². The summed E-state index contributed by atoms with van der Waals surface area (Å²) in [4.78, 5) is 0. The van der Waals surface area contributed by atoms with Crippen molar-refractivity contribution < 1.29 is 8.78 Å². The molecule has 0 atom stereocenters. The molecule has 2 saturated carbocycles. The summed E-state index contributed by atoms with van der Waals surface area (Å²) in [6.07, 6.45) is 13.9. The molecule has 0 spiro atoms. The molecule has 0 bridgehead atoms. The molecule has 0 aromatic rings. The maximum Gasteiger partial charge on any atom is 0.266 e. The highest BCUT2D eigenvalue weighted by Crippen LogP contribution is 2.42. The van der Waals surface area contributed by atoms with Crippen LogP contribution in [0.15, 0.2) is 24.8 Å². The Labute approximate surface area is 122 Å². The van der Waals surface area contributed by atoms with Gasteiger partial charge in [0.05, 0.1) is 0 Å². The highest BCUT2D eigenvalue weighted by molar-refractivity contribution is 4.92. The van der Waals surface area contributed by atoms with E-state index in [1.165, 1.54) is 38.2 Å². The van der Waals surface area contributed by atoms with Crippen LogP contribution in [0.3, 0.4) is 0 Å². The van der Waals surface area contributed by atoms with Crippen LogP contribution in [-0.2, 0) is 0 Å². The van der Waals surface area contributed by atoms with Crippen molar-refractivity contribution >= 4 is 0 Å². The van der Waals surface area contributed by atoms with Gasteiger partial charge in [-0.2, -0.15) is 8.78 Å². The number of hydrogen-bond acceptors (Lipinski definition) is 0. The smallest absolute Gasteiger partial charge is 0.174 e. The Morgan fingerprint density at radius 1 is 0.900 bits per heavy atom. The van der Waals surface area contributed by atoms with E-state index in [2.05, 4.69) is 6.58 Å². The molecule has 0 aliphatic heterocycles. The third-order valence-corrected chi connectivity index (χ3v) is 5.52. The van der Waals surface area contributed by atoms with Crippen LogP contribution in [-0.4, -0.2) is 0 Å². The second kappa shape index (κ2) is 7.95. The fourth-order valence-electron chi connectivity index (χ4n) is 4.26. The first-order valence-corrected chi connectivity index (χ1v) is 8.32. The van der Waals surface area contributed by atoms with Crippen LogP contribution in [0.25, 0.3) is 0 Å². The average Bonchev–Trinajstić information content (AvgIpc) is 2.46. The predicted molar refractivity (Wildman–Crippen MR) is 80.6 cm³/mol. The third kappa shape index (κ3) is 4.71. The van der Waals surface area contributed by atoms with E-state index in [1.54, 1.807) is 0 Å². The van der Waals surface area contributed by atoms with E-state index in [4.69, 9.17) is 0 Å². The number of rotatable bonds is 5. The maximum absolute atomic E-state index is 12.3. The molecule has 2 aliphatic rings. The van der Waals surface area contributed by atoms with Crippen molar-refractivity contribution in [3.05, 3.63) is 24.8 Å². The molecular weight excluding hydrogens is 254 g/mol. The molecule has 0 nitrogen and oxygen atoms in total. The van der Waals surface area contributed by atoms with Gasteiger partial charge in [-0.3, -0.25) is 0 Å². The second-order valence-electron chi connectivity index (χ2n) is 6.78. The van der Waals surface area contributed by atoms with Crippen LogP contribution in [0, 0.1) is 23.7 Å². The van der Waals surface area contributed by atoms with Crippen LogP contribution in [0.1, 0.15) is 64.2 Å². The van der Waals surface area contributed by atoms with Gasteiger partial charge in [-0.1, -0.05) is 18.9 Å². The summed E-state index contributed by atoms with van der Waals surface area (Å²) in [5, 5.41) is 0. The molecule has 0 amide bonds. The van der Waals surface area contributed by atoms with E-state index >= 15 is 0 Å². The Kier molecular flexibility index (Phi) is 6.25. The van der Waals surface area contributed by atoms with E-state index in [0.29, 0.717) is 0 Å². The Bertz CT molecular complexity index is 314. The van der Waals surface area contributed by atoms with E-state index in [0.717, 1.165) is 49.9 Å². The highest BCUT2D eigenvalue weighted by atomic mass is 19.3. The standard InChI is InChI=1S/C18H28F2/c1-2-3-4-14-5-9-16(10-6-14)17-11-7-15(8-12-17)13-18(19)20/h2,13-17H,1,3-12H2. The summed E-state index contributed by atoms with van der Waals surface area (Å²) >= 11 is 0. The third-order valence-electron chi connectivity index (χ3n) is 5.52. The van der Waals surface area contributed by atoms with Crippen molar-refractivity contribution in [1.82, 2.24) is 0 Å². The lowest BCUT2D eigenvalue weighted by molar-refractivity contribution is 0.152. The van der Waals surface area contributed by atoms with Gasteiger partial charge in [-0.25, -0.2) is 0 Å². The van der Waals surface area contributed by atoms with Gasteiger partial charge in [0.25, 0.3) is 6.08 Å². The minimum absolute atomic E-state index is 0.139. The summed E-state index contributed by atoms with van der Waals surface area (Å²) in [6, 6.07) is 0. The monoisotopic (exact) mass is 282 g/mol. The van der Waals surface area contributed by atoms with Crippen molar-refractivity contribution in [2.45, 2.75) is 64.2 Å². The van der Waals surface area contributed by atoms with Gasteiger partial charge in [0.2, 0.25) is 0 Å². The van der Waals surface area contributed by atoms with Crippen LogP contribution in [0.5, 0.6) is 0 Å². The minimum atomic E-state index is -1.49. The first kappa shape index (κ1) is 15.7. The lowest BCUT2D eigenvalue weighted by atomic mass is 9.69. The molecule has 0 heterocycles. The molecule has 0 N–H and O–H groups in total. The summed E-state index contributed by atoms with van der Waals surface area (Å²) in [5.74, 6) is 2.72. The molecule has 114 valence electrons. The molecule has 0 unspecified atom stereocenters. The van der Waals surface area contributed by atoms with Gasteiger partial charge in [0, 0.05) is 0 Å². The maximum atomic E-state index is 12.3. The molecule has 2 heteroatoms. The molecule has 20 heavy (non-hydrogen) atoms. The SMILES string of the molecule is C=CCCC1CCC(C2CCC(C=C(F)F)CC2)CC1. The number of halogens is 2. The lowest BCUT2D eigenvalue weighted by Crippen LogP contribution is -2.25. The summed E-state index contributed by atoms with van der Waals surface area (Å²) < 4.78 is 24.5. The quantitative estimate of drug-likeness (QED) is 0.516. The predicted octanol–water partition coefficient (Wildman–Crippen LogP) is 6.35. The number of allylic oxidation sites excluding steroid dienone is 2. The Hall–Kier alpha value is -0.660. The van der Waals surface area contributed by atoms with Crippen LogP contribution >= 0.6 is 0 Å². The Morgan fingerprint density at radius 2 is 1.45 bits per heavy atom. The largest absolute Gasteiger partial charge is 0.266 e. The van der Waals surface area contributed by atoms with Crippen LogP contribution < -0.4 is 0 Å². The molecular formula is C18H28F2. The zero-order valence-electron chi connectivity index (χ0n) is 12.5. The van der Waals surface area contributed by atoms with Crippen molar-refractivity contribution in [3.8, 4) is 0 Å². The van der Waals surface area contributed by atoms with Gasteiger partial charge >= 0.3 is 0 Å². The fourth-order valence-corrected chi connectivity index (χ4v) is 4.26. The molecule has 2 aliphatic carbocycles. The van der Waals surface area contributed by atoms with Crippen LogP contribution in [0.4, 0.5) is 8.78 Å². The zero-order valence-corrected chi connectivity index (χ0v) is 12.5. The van der Waals surface area contributed by atoms with E-state index < -0.39 is 6.08 Å². The molecule has 0 saturated heterocycles. The minimum Gasteiger partial charge on any atom is -0.174 e. The van der Waals surface area contributed by atoms with Gasteiger partial charge < -0.3 is 0 Å². The van der Waals surface area contributed by atoms with Crippen molar-refractivity contribution in [2.75, 3.05) is 0 Å². The average molecular weight is 282 g/mol. The lowest BCUT2D eigenvalue weighted by Gasteiger charge is -2.37. The molecule has 2 fully saturated rings. The topological polar surface area (TPSA) is 0 Å². The first-order chi connectivity index (χ1) is 9.69. The molecule has 0 aromatic carbocycles. The van der Waals surface area contributed by atoms with Gasteiger partial charge in [-0.15, -0.1) is 6.58 Å². The van der Waals surface area contributed by atoms with Gasteiger partial charge in [-0.05, 0) is 81.1 Å². The summed E-state index contributed by atoms with van der Waals surface area (Å²) in [6.45, 7) is 3.80. The Morgan fingerprint density at radius 3 is 1.95 bits per heavy atom. The summed E-state index contributed by atoms with van der Waals surface area (Å²) in [7, 11) is 0. The highest BCUT2D eigenvalue weighted by Gasteiger charge is 2.30. The van der Waals surface area contributed by atoms with Gasteiger partial charge in [0.15, 0.2) is 0 Å². The Balaban J connectivity index is 1.70. The molecule has 0 radical (unpaired) electrons. The zero-order chi connectivity index (χ0) is 14.4. The van der Waals surface area contributed by atoms with Crippen molar-refractivity contribution in [1.29, 1.82) is 0 Å². The first-order valence-electron chi connectivity index (χ1n) is 8.32. The van der Waals surface area contributed by atoms with Crippen molar-refractivity contribution in [3.63, 3.8) is 0 Å². The van der Waals surface area contributed by atoms with E-state index in [1.807, 2.05) is 6.08 Å². The number of hydrogen-bond donors (Lipinski definition) is 0. The summed E-state index contributed by atoms with van der Waals surface area (Å²) in [5.41, 5.74) is 0. The van der Waals surface area contributed by atoms with Gasteiger partial charge in [0.1, 0.15) is 0 Å². The second-order valence-corrected chi connectivity index (χ2v) is 6.78. The normalized spacial score (nSPS) is 34.5. The van der Waals surface area contributed by atoms with Crippen molar-refractivity contribution in [2.24, 2.45) is 23.7 Å². The molecule has 0 aromatic heterocycles. The van der Waals surface area contributed by atoms with E-state index in [9.17, 15) is 8.78 Å². The molecule has 2 rings (SSSR count). The fraction of sp³-hybridized carbons (Fsp3) is 0.778.